The highest BCUT2D eigenvalue weighted by atomic mass is 16.2. The Morgan fingerprint density at radius 3 is 2.65 bits per heavy atom. The number of nitrogens with two attached hydrogens (primary N) is 1. The van der Waals surface area contributed by atoms with Crippen molar-refractivity contribution in [1.82, 2.24) is 9.80 Å². The summed E-state index contributed by atoms with van der Waals surface area (Å²) >= 11 is 0. The molecular formula is C14H15N3O3. The molecule has 2 heterocycles. The average Bonchev–Trinajstić information content (AvgIpc) is 2.95. The van der Waals surface area contributed by atoms with Crippen molar-refractivity contribution in [3.63, 3.8) is 0 Å². The normalized spacial score (nSPS) is 21.6. The Balaban J connectivity index is 1.91. The molecule has 0 spiro atoms. The number of carbonyl (C=O) groups excluding carboxylic acids is 3. The molecule has 1 fully saturated rings. The lowest BCUT2D eigenvalue weighted by atomic mass is 10.1. The van der Waals surface area contributed by atoms with Crippen molar-refractivity contribution < 1.29 is 14.4 Å². The van der Waals surface area contributed by atoms with Gasteiger partial charge < -0.3 is 10.6 Å². The molecule has 2 N–H and O–H groups in total. The van der Waals surface area contributed by atoms with Crippen molar-refractivity contribution in [3.8, 4) is 0 Å². The van der Waals surface area contributed by atoms with Gasteiger partial charge in [0.2, 0.25) is 5.91 Å². The first-order valence-corrected chi connectivity index (χ1v) is 6.52. The summed E-state index contributed by atoms with van der Waals surface area (Å²) in [5.74, 6) is -0.699. The van der Waals surface area contributed by atoms with Gasteiger partial charge in [-0.3, -0.25) is 19.3 Å². The Morgan fingerprint density at radius 2 is 2.05 bits per heavy atom. The SMILES string of the molecule is CC(=O)N1CC[C@H](N2C(=O)c3cccc(N)c3C2=O)C1. The van der Waals surface area contributed by atoms with E-state index in [1.54, 1.807) is 23.1 Å². The van der Waals surface area contributed by atoms with Crippen LogP contribution in [0.1, 0.15) is 34.1 Å². The molecule has 6 heteroatoms. The molecule has 3 amide bonds. The van der Waals surface area contributed by atoms with E-state index in [4.69, 9.17) is 5.73 Å². The van der Waals surface area contributed by atoms with Crippen LogP contribution in [0.3, 0.4) is 0 Å². The number of fused-ring (bicyclic) bond motifs is 1. The Hall–Kier alpha value is -2.37. The lowest BCUT2D eigenvalue weighted by molar-refractivity contribution is -0.127. The number of amides is 3. The molecule has 0 radical (unpaired) electrons. The van der Waals surface area contributed by atoms with Gasteiger partial charge in [-0.25, -0.2) is 0 Å². The van der Waals surface area contributed by atoms with Crippen molar-refractivity contribution in [2.75, 3.05) is 18.8 Å². The van der Waals surface area contributed by atoms with Gasteiger partial charge in [0.05, 0.1) is 17.2 Å². The fourth-order valence-electron chi connectivity index (χ4n) is 2.90. The van der Waals surface area contributed by atoms with Gasteiger partial charge >= 0.3 is 0 Å². The van der Waals surface area contributed by atoms with E-state index in [0.29, 0.717) is 36.3 Å². The van der Waals surface area contributed by atoms with Crippen molar-refractivity contribution in [1.29, 1.82) is 0 Å². The van der Waals surface area contributed by atoms with Gasteiger partial charge in [0.1, 0.15) is 0 Å². The topological polar surface area (TPSA) is 83.7 Å². The third-order valence-corrected chi connectivity index (χ3v) is 3.95. The molecule has 0 unspecified atom stereocenters. The second-order valence-corrected chi connectivity index (χ2v) is 5.16. The van der Waals surface area contributed by atoms with Crippen molar-refractivity contribution in [2.24, 2.45) is 0 Å². The van der Waals surface area contributed by atoms with E-state index < -0.39 is 0 Å². The van der Waals surface area contributed by atoms with Crippen molar-refractivity contribution in [3.05, 3.63) is 29.3 Å². The van der Waals surface area contributed by atoms with Gasteiger partial charge in [-0.2, -0.15) is 0 Å². The molecule has 1 aromatic rings. The van der Waals surface area contributed by atoms with Gasteiger partial charge in [-0.15, -0.1) is 0 Å². The second-order valence-electron chi connectivity index (χ2n) is 5.16. The van der Waals surface area contributed by atoms with Gasteiger partial charge in [0, 0.05) is 25.7 Å². The van der Waals surface area contributed by atoms with Crippen LogP contribution in [0, 0.1) is 0 Å². The number of rotatable bonds is 1. The second kappa shape index (κ2) is 4.33. The molecule has 20 heavy (non-hydrogen) atoms. The first-order chi connectivity index (χ1) is 9.50. The van der Waals surface area contributed by atoms with E-state index in [9.17, 15) is 14.4 Å². The van der Waals surface area contributed by atoms with E-state index in [-0.39, 0.29) is 23.8 Å². The monoisotopic (exact) mass is 273 g/mol. The number of carbonyl (C=O) groups is 3. The molecule has 2 aliphatic heterocycles. The minimum absolute atomic E-state index is 0.0383. The summed E-state index contributed by atoms with van der Waals surface area (Å²) in [5.41, 5.74) is 6.77. The van der Waals surface area contributed by atoms with Crippen LogP contribution in [0.5, 0.6) is 0 Å². The molecule has 1 aromatic carbocycles. The molecule has 1 atom stereocenters. The third kappa shape index (κ3) is 1.68. The summed E-state index contributed by atoms with van der Waals surface area (Å²) in [6.45, 7) is 2.46. The van der Waals surface area contributed by atoms with Crippen LogP contribution in [0.15, 0.2) is 18.2 Å². The molecule has 0 saturated carbocycles. The van der Waals surface area contributed by atoms with Crippen molar-refractivity contribution >= 4 is 23.4 Å². The maximum atomic E-state index is 12.4. The zero-order valence-electron chi connectivity index (χ0n) is 11.1. The van der Waals surface area contributed by atoms with Crippen LogP contribution in [-0.4, -0.2) is 46.7 Å². The van der Waals surface area contributed by atoms with E-state index in [1.165, 1.54) is 11.8 Å². The first-order valence-electron chi connectivity index (χ1n) is 6.52. The van der Waals surface area contributed by atoms with Gasteiger partial charge in [-0.05, 0) is 18.6 Å². The minimum atomic E-state index is -0.349. The number of hydrogen-bond donors (Lipinski definition) is 1. The summed E-state index contributed by atoms with van der Waals surface area (Å²) < 4.78 is 0. The molecular weight excluding hydrogens is 258 g/mol. The van der Waals surface area contributed by atoms with Crippen LogP contribution in [0.2, 0.25) is 0 Å². The first kappa shape index (κ1) is 12.7. The smallest absolute Gasteiger partial charge is 0.263 e. The fraction of sp³-hybridized carbons (Fsp3) is 0.357. The van der Waals surface area contributed by atoms with Gasteiger partial charge in [0.15, 0.2) is 0 Å². The van der Waals surface area contributed by atoms with Crippen molar-refractivity contribution in [2.45, 2.75) is 19.4 Å². The van der Waals surface area contributed by atoms with E-state index in [2.05, 4.69) is 0 Å². The summed E-state index contributed by atoms with van der Waals surface area (Å²) in [4.78, 5) is 39.0. The summed E-state index contributed by atoms with van der Waals surface area (Å²) in [6.07, 6.45) is 0.616. The standard InChI is InChI=1S/C14H15N3O3/c1-8(18)16-6-5-9(7-16)17-13(19)10-3-2-4-11(15)12(10)14(17)20/h2-4,9H,5-7,15H2,1H3/t9-/m0/s1. The Labute approximate surface area is 116 Å². The highest BCUT2D eigenvalue weighted by Gasteiger charge is 2.43. The maximum Gasteiger partial charge on any atom is 0.263 e. The molecule has 1 saturated heterocycles. The lowest BCUT2D eigenvalue weighted by Gasteiger charge is -2.22. The predicted molar refractivity (Wildman–Crippen MR) is 72.0 cm³/mol. The highest BCUT2D eigenvalue weighted by molar-refractivity contribution is 6.23. The largest absolute Gasteiger partial charge is 0.398 e. The van der Waals surface area contributed by atoms with E-state index in [0.717, 1.165) is 0 Å². The summed E-state index contributed by atoms with van der Waals surface area (Å²) in [5, 5.41) is 0. The zero-order chi connectivity index (χ0) is 14.4. The molecule has 2 aliphatic rings. The number of hydrogen-bond acceptors (Lipinski definition) is 4. The quantitative estimate of drug-likeness (QED) is 0.596. The predicted octanol–water partition coefficient (Wildman–Crippen LogP) is 0.486. The van der Waals surface area contributed by atoms with Gasteiger partial charge in [-0.1, -0.05) is 6.07 Å². The molecule has 104 valence electrons. The molecule has 6 nitrogen and oxygen atoms in total. The van der Waals surface area contributed by atoms with Crippen LogP contribution in [-0.2, 0) is 4.79 Å². The van der Waals surface area contributed by atoms with Crippen LogP contribution < -0.4 is 5.73 Å². The number of nitrogens with zero attached hydrogens (tertiary/aromatic N) is 2. The maximum absolute atomic E-state index is 12.4. The number of benzene rings is 1. The number of likely N-dealkylation sites (tertiary alicyclic amines) is 1. The van der Waals surface area contributed by atoms with Crippen LogP contribution in [0.25, 0.3) is 0 Å². The number of nitrogen functional groups attached to an aromatic ring is 1. The summed E-state index contributed by atoms with van der Waals surface area (Å²) in [6, 6.07) is 4.64. The van der Waals surface area contributed by atoms with E-state index >= 15 is 0 Å². The highest BCUT2D eigenvalue weighted by Crippen LogP contribution is 2.31. The average molecular weight is 273 g/mol. The fourth-order valence-corrected chi connectivity index (χ4v) is 2.90. The molecule has 0 bridgehead atoms. The van der Waals surface area contributed by atoms with Crippen LogP contribution in [0.4, 0.5) is 5.69 Å². The minimum Gasteiger partial charge on any atom is -0.398 e. The molecule has 0 aromatic heterocycles. The Bertz CT molecular complexity index is 626. The molecule has 3 rings (SSSR count). The number of anilines is 1. The zero-order valence-corrected chi connectivity index (χ0v) is 11.1. The van der Waals surface area contributed by atoms with E-state index in [1.807, 2.05) is 0 Å². The lowest BCUT2D eigenvalue weighted by Crippen LogP contribution is -2.42. The molecule has 0 aliphatic carbocycles. The Kier molecular flexibility index (Phi) is 2.74. The van der Waals surface area contributed by atoms with Crippen LogP contribution >= 0.6 is 0 Å². The third-order valence-electron chi connectivity index (χ3n) is 3.95. The Morgan fingerprint density at radius 1 is 1.30 bits per heavy atom. The van der Waals surface area contributed by atoms with Gasteiger partial charge in [0.25, 0.3) is 11.8 Å². The number of imide groups is 1. The summed E-state index contributed by atoms with van der Waals surface area (Å²) in [7, 11) is 0.